The van der Waals surface area contributed by atoms with Crippen LogP contribution in [0.2, 0.25) is 5.02 Å². The summed E-state index contributed by atoms with van der Waals surface area (Å²) >= 11 is 6.10. The van der Waals surface area contributed by atoms with E-state index in [0.29, 0.717) is 33.5 Å². The molecule has 21 heavy (non-hydrogen) atoms. The molecule has 0 radical (unpaired) electrons. The molecule has 110 valence electrons. The first-order valence-electron chi connectivity index (χ1n) is 6.46. The maximum atomic E-state index is 10.6. The quantitative estimate of drug-likeness (QED) is 0.807. The fraction of sp³-hybridized carbons (Fsp3) is 0.267. The third-order valence-corrected chi connectivity index (χ3v) is 3.76. The van der Waals surface area contributed by atoms with Crippen molar-refractivity contribution in [1.82, 2.24) is 9.78 Å². The van der Waals surface area contributed by atoms with Gasteiger partial charge in [0.1, 0.15) is 11.9 Å². The van der Waals surface area contributed by atoms with Crippen LogP contribution in [0.1, 0.15) is 23.1 Å². The molecule has 0 saturated carbocycles. The summed E-state index contributed by atoms with van der Waals surface area (Å²) in [4.78, 5) is 0. The minimum absolute atomic E-state index is 0.410. The molecule has 0 amide bonds. The fourth-order valence-corrected chi connectivity index (χ4v) is 2.76. The fourth-order valence-electron chi connectivity index (χ4n) is 2.53. The van der Waals surface area contributed by atoms with Crippen LogP contribution < -0.4 is 4.74 Å². The predicted octanol–water partition coefficient (Wildman–Crippen LogP) is 3.22. The van der Waals surface area contributed by atoms with Gasteiger partial charge in [-0.05, 0) is 19.1 Å². The molecule has 6 heteroatoms. The molecule has 0 fully saturated rings. The highest BCUT2D eigenvalue weighted by atomic mass is 35.5. The molecule has 1 unspecified atom stereocenters. The summed E-state index contributed by atoms with van der Waals surface area (Å²) in [5.74, 6) is 0.916. The van der Waals surface area contributed by atoms with Gasteiger partial charge in [-0.2, -0.15) is 5.10 Å². The van der Waals surface area contributed by atoms with E-state index < -0.39 is 6.10 Å². The van der Waals surface area contributed by atoms with Crippen LogP contribution in [0.4, 0.5) is 0 Å². The van der Waals surface area contributed by atoms with Crippen molar-refractivity contribution in [3.63, 3.8) is 0 Å². The van der Waals surface area contributed by atoms with Crippen LogP contribution in [0, 0.1) is 6.92 Å². The Hall–Kier alpha value is -1.98. The number of hydrogen-bond donors (Lipinski definition) is 1. The van der Waals surface area contributed by atoms with E-state index in [2.05, 4.69) is 5.10 Å². The van der Waals surface area contributed by atoms with E-state index >= 15 is 0 Å². The SMILES string of the molecule is COc1c(C(O)c2cc3cccc(Cl)c3o2)c(C)nn1C. The topological polar surface area (TPSA) is 60.4 Å². The van der Waals surface area contributed by atoms with Crippen molar-refractivity contribution in [3.05, 3.63) is 46.3 Å². The second kappa shape index (κ2) is 5.09. The predicted molar refractivity (Wildman–Crippen MR) is 79.8 cm³/mol. The molecular weight excluding hydrogens is 292 g/mol. The Labute approximate surface area is 126 Å². The van der Waals surface area contributed by atoms with Crippen LogP contribution in [-0.4, -0.2) is 22.0 Å². The average Bonchev–Trinajstić information content (AvgIpc) is 2.99. The van der Waals surface area contributed by atoms with Crippen molar-refractivity contribution in [2.75, 3.05) is 7.11 Å². The van der Waals surface area contributed by atoms with Crippen LogP contribution in [0.15, 0.2) is 28.7 Å². The summed E-state index contributed by atoms with van der Waals surface area (Å²) in [6, 6.07) is 7.25. The Morgan fingerprint density at radius 2 is 2.19 bits per heavy atom. The Morgan fingerprint density at radius 1 is 1.43 bits per heavy atom. The number of methoxy groups -OCH3 is 1. The lowest BCUT2D eigenvalue weighted by Gasteiger charge is -2.09. The van der Waals surface area contributed by atoms with Gasteiger partial charge in [0.25, 0.3) is 0 Å². The van der Waals surface area contributed by atoms with Gasteiger partial charge in [-0.1, -0.05) is 23.7 Å². The second-order valence-corrected chi connectivity index (χ2v) is 5.25. The molecule has 0 aliphatic rings. The van der Waals surface area contributed by atoms with Crippen LogP contribution in [0.3, 0.4) is 0 Å². The van der Waals surface area contributed by atoms with Gasteiger partial charge in [-0.3, -0.25) is 0 Å². The molecular formula is C15H15ClN2O3. The maximum Gasteiger partial charge on any atom is 0.217 e. The first kappa shape index (κ1) is 14.0. The van der Waals surface area contributed by atoms with Gasteiger partial charge in [0.2, 0.25) is 5.88 Å². The number of benzene rings is 1. The van der Waals surface area contributed by atoms with Crippen LogP contribution in [0.5, 0.6) is 5.88 Å². The highest BCUT2D eigenvalue weighted by Gasteiger charge is 2.26. The number of ether oxygens (including phenoxy) is 1. The van der Waals surface area contributed by atoms with Crippen molar-refractivity contribution in [1.29, 1.82) is 0 Å². The molecule has 1 aromatic carbocycles. The standard InChI is InChI=1S/C15H15ClN2O3/c1-8-12(15(20-3)18(2)17-8)13(19)11-7-9-5-4-6-10(16)14(9)21-11/h4-7,13,19H,1-3H3. The van der Waals surface area contributed by atoms with Gasteiger partial charge in [-0.15, -0.1) is 0 Å². The molecule has 2 aromatic heterocycles. The maximum absolute atomic E-state index is 10.6. The molecule has 3 aromatic rings. The molecule has 0 spiro atoms. The van der Waals surface area contributed by atoms with Gasteiger partial charge in [0.05, 0.1) is 23.4 Å². The minimum atomic E-state index is -0.961. The molecule has 0 aliphatic heterocycles. The molecule has 1 atom stereocenters. The van der Waals surface area contributed by atoms with Crippen molar-refractivity contribution in [2.24, 2.45) is 7.05 Å². The number of fused-ring (bicyclic) bond motifs is 1. The second-order valence-electron chi connectivity index (χ2n) is 4.84. The number of furan rings is 1. The van der Waals surface area contributed by atoms with E-state index in [0.717, 1.165) is 5.39 Å². The first-order chi connectivity index (χ1) is 10.0. The van der Waals surface area contributed by atoms with Crippen LogP contribution >= 0.6 is 11.6 Å². The van der Waals surface area contributed by atoms with Gasteiger partial charge in [0, 0.05) is 12.4 Å². The Morgan fingerprint density at radius 3 is 2.86 bits per heavy atom. The summed E-state index contributed by atoms with van der Waals surface area (Å²) in [6.45, 7) is 1.82. The summed E-state index contributed by atoms with van der Waals surface area (Å²) in [7, 11) is 3.31. The lowest BCUT2D eigenvalue weighted by atomic mass is 10.1. The molecule has 0 bridgehead atoms. The lowest BCUT2D eigenvalue weighted by molar-refractivity contribution is 0.186. The largest absolute Gasteiger partial charge is 0.481 e. The van der Waals surface area contributed by atoms with Crippen molar-refractivity contribution < 1.29 is 14.3 Å². The number of halogens is 1. The van der Waals surface area contributed by atoms with Crippen molar-refractivity contribution in [2.45, 2.75) is 13.0 Å². The minimum Gasteiger partial charge on any atom is -0.481 e. The number of aliphatic hydroxyl groups is 1. The van der Waals surface area contributed by atoms with E-state index in [-0.39, 0.29) is 0 Å². The molecule has 2 heterocycles. The Bertz CT molecular complexity index is 807. The number of aliphatic hydroxyl groups excluding tert-OH is 1. The number of para-hydroxylation sites is 1. The zero-order valence-electron chi connectivity index (χ0n) is 11.9. The number of hydrogen-bond acceptors (Lipinski definition) is 4. The zero-order valence-corrected chi connectivity index (χ0v) is 12.7. The van der Waals surface area contributed by atoms with E-state index in [1.165, 1.54) is 0 Å². The third kappa shape index (κ3) is 2.18. The average molecular weight is 307 g/mol. The summed E-state index contributed by atoms with van der Waals surface area (Å²) in [6.07, 6.45) is -0.961. The summed E-state index contributed by atoms with van der Waals surface area (Å²) in [5, 5.41) is 16.2. The molecule has 0 saturated heterocycles. The molecule has 0 aliphatic carbocycles. The molecule has 3 rings (SSSR count). The monoisotopic (exact) mass is 306 g/mol. The lowest BCUT2D eigenvalue weighted by Crippen LogP contribution is -2.02. The molecule has 5 nitrogen and oxygen atoms in total. The van der Waals surface area contributed by atoms with Gasteiger partial charge >= 0.3 is 0 Å². The number of nitrogens with zero attached hydrogens (tertiary/aromatic N) is 2. The highest BCUT2D eigenvalue weighted by molar-refractivity contribution is 6.34. The first-order valence-corrected chi connectivity index (χ1v) is 6.84. The third-order valence-electron chi connectivity index (χ3n) is 3.47. The van der Waals surface area contributed by atoms with Gasteiger partial charge in [-0.25, -0.2) is 4.68 Å². The normalized spacial score (nSPS) is 12.8. The summed E-state index contributed by atoms with van der Waals surface area (Å²) < 4.78 is 12.6. The number of aromatic nitrogens is 2. The van der Waals surface area contributed by atoms with Gasteiger partial charge in [0.15, 0.2) is 5.58 Å². The zero-order chi connectivity index (χ0) is 15.1. The van der Waals surface area contributed by atoms with E-state index in [9.17, 15) is 5.11 Å². The van der Waals surface area contributed by atoms with Gasteiger partial charge < -0.3 is 14.3 Å². The Balaban J connectivity index is 2.12. The van der Waals surface area contributed by atoms with E-state index in [1.54, 1.807) is 31.0 Å². The number of aryl methyl sites for hydroxylation is 2. The van der Waals surface area contributed by atoms with Crippen LogP contribution in [0.25, 0.3) is 11.0 Å². The Kier molecular flexibility index (Phi) is 3.39. The smallest absolute Gasteiger partial charge is 0.217 e. The number of rotatable bonds is 3. The van der Waals surface area contributed by atoms with Crippen molar-refractivity contribution in [3.8, 4) is 5.88 Å². The van der Waals surface area contributed by atoms with E-state index in [1.807, 2.05) is 19.1 Å². The van der Waals surface area contributed by atoms with Crippen molar-refractivity contribution >= 4 is 22.6 Å². The van der Waals surface area contributed by atoms with Crippen LogP contribution in [-0.2, 0) is 7.05 Å². The highest BCUT2D eigenvalue weighted by Crippen LogP contribution is 2.36. The summed E-state index contributed by atoms with van der Waals surface area (Å²) in [5.41, 5.74) is 1.84. The molecule has 1 N–H and O–H groups in total. The van der Waals surface area contributed by atoms with E-state index in [4.69, 9.17) is 20.8 Å².